The zero-order valence-corrected chi connectivity index (χ0v) is 13.2. The van der Waals surface area contributed by atoms with Crippen molar-refractivity contribution in [2.75, 3.05) is 13.2 Å². The van der Waals surface area contributed by atoms with Gasteiger partial charge < -0.3 is 18.9 Å². The van der Waals surface area contributed by atoms with Gasteiger partial charge in [-0.2, -0.15) is 0 Å². The summed E-state index contributed by atoms with van der Waals surface area (Å²) in [6.07, 6.45) is 0.771. The van der Waals surface area contributed by atoms with Gasteiger partial charge in [0.05, 0.1) is 13.2 Å². The summed E-state index contributed by atoms with van der Waals surface area (Å²) in [6.45, 7) is 10.0. The number of aliphatic hydroxyl groups excluding tert-OH is 1. The predicted molar refractivity (Wildman–Crippen MR) is 73.5 cm³/mol. The average molecular weight is 292 g/mol. The van der Waals surface area contributed by atoms with Crippen LogP contribution in [0.5, 0.6) is 0 Å². The second kappa shape index (κ2) is 6.89. The fraction of sp³-hybridized carbons (Fsp3) is 0.846. The summed E-state index contributed by atoms with van der Waals surface area (Å²) in [7, 11) is -3.45. The summed E-state index contributed by atoms with van der Waals surface area (Å²) in [6, 6.07) is 0. The zero-order valence-electron chi connectivity index (χ0n) is 12.3. The van der Waals surface area contributed by atoms with Crippen molar-refractivity contribution in [2.45, 2.75) is 40.9 Å². The third-order valence-corrected chi connectivity index (χ3v) is 5.21. The summed E-state index contributed by atoms with van der Waals surface area (Å²) >= 11 is 0. The van der Waals surface area contributed by atoms with Crippen LogP contribution in [-0.4, -0.2) is 24.6 Å². The Bertz CT molecular complexity index is 356. The molecule has 0 radical (unpaired) electrons. The van der Waals surface area contributed by atoms with E-state index in [1.807, 2.05) is 20.8 Å². The molecular weight excluding hydrogens is 267 g/mol. The van der Waals surface area contributed by atoms with Crippen molar-refractivity contribution in [3.05, 3.63) is 11.6 Å². The van der Waals surface area contributed by atoms with Crippen LogP contribution < -0.4 is 0 Å². The van der Waals surface area contributed by atoms with Gasteiger partial charge in [-0.1, -0.05) is 20.8 Å². The van der Waals surface area contributed by atoms with Crippen molar-refractivity contribution in [2.24, 2.45) is 17.8 Å². The van der Waals surface area contributed by atoms with Crippen molar-refractivity contribution in [3.63, 3.8) is 0 Å². The highest BCUT2D eigenvalue weighted by Crippen LogP contribution is 2.58. The average Bonchev–Trinajstić information content (AvgIpc) is 2.27. The van der Waals surface area contributed by atoms with E-state index in [-0.39, 0.29) is 36.5 Å². The lowest BCUT2D eigenvalue weighted by atomic mass is 9.83. The zero-order chi connectivity index (χ0) is 14.6. The van der Waals surface area contributed by atoms with Crippen LogP contribution in [0.25, 0.3) is 0 Å². The normalized spacial score (nSPS) is 28.2. The molecule has 0 spiro atoms. The molecule has 0 aromatic rings. The number of hydrogen-bond acceptors (Lipinski definition) is 5. The Balaban J connectivity index is 3.01. The molecule has 0 fully saturated rings. The molecule has 5 nitrogen and oxygen atoms in total. The molecule has 0 saturated heterocycles. The molecule has 1 unspecified atom stereocenters. The smallest absolute Gasteiger partial charge is 0.395 e. The molecule has 1 aliphatic heterocycles. The van der Waals surface area contributed by atoms with Gasteiger partial charge in [-0.05, 0) is 31.8 Å². The van der Waals surface area contributed by atoms with Crippen LogP contribution >= 0.6 is 7.60 Å². The third-order valence-electron chi connectivity index (χ3n) is 3.22. The first-order chi connectivity index (χ1) is 8.85. The summed E-state index contributed by atoms with van der Waals surface area (Å²) in [4.78, 5) is 0. The lowest BCUT2D eigenvalue weighted by molar-refractivity contribution is -0.132. The lowest BCUT2D eigenvalue weighted by Gasteiger charge is -2.36. The largest absolute Gasteiger partial charge is 0.457 e. The Morgan fingerprint density at radius 1 is 1.37 bits per heavy atom. The standard InChI is InChI=1S/C13H25O5P/c1-6-16-19(15,17-7-2)11-8-10(5)12(9(3)4)13(14)18-11/h8-10,12-14H,6-7H2,1-5H3/t10-,12+,13?/m0/s1. The van der Waals surface area contributed by atoms with E-state index in [1.165, 1.54) is 0 Å². The molecule has 0 amide bonds. The predicted octanol–water partition coefficient (Wildman–Crippen LogP) is 3.35. The van der Waals surface area contributed by atoms with Gasteiger partial charge in [-0.25, -0.2) is 0 Å². The van der Waals surface area contributed by atoms with Gasteiger partial charge in [0.15, 0.2) is 0 Å². The quantitative estimate of drug-likeness (QED) is 0.760. The van der Waals surface area contributed by atoms with Gasteiger partial charge in [-0.15, -0.1) is 0 Å². The van der Waals surface area contributed by atoms with Crippen LogP contribution in [0.4, 0.5) is 0 Å². The third kappa shape index (κ3) is 3.82. The monoisotopic (exact) mass is 292 g/mol. The molecule has 1 heterocycles. The highest BCUT2D eigenvalue weighted by molar-refractivity contribution is 7.58. The number of rotatable bonds is 6. The first-order valence-corrected chi connectivity index (χ1v) is 8.36. The van der Waals surface area contributed by atoms with E-state index in [1.54, 1.807) is 19.9 Å². The van der Waals surface area contributed by atoms with E-state index in [9.17, 15) is 9.67 Å². The second-order valence-electron chi connectivity index (χ2n) is 5.03. The van der Waals surface area contributed by atoms with E-state index < -0.39 is 13.9 Å². The maximum absolute atomic E-state index is 12.6. The second-order valence-corrected chi connectivity index (χ2v) is 6.98. The highest BCUT2D eigenvalue weighted by Gasteiger charge is 2.41. The maximum Gasteiger partial charge on any atom is 0.395 e. The molecule has 3 atom stereocenters. The van der Waals surface area contributed by atoms with Crippen LogP contribution in [-0.2, 0) is 18.3 Å². The SMILES string of the molecule is CCOP(=O)(OCC)C1=C[C@H](C)[C@@H](C(C)C)C(O)O1. The van der Waals surface area contributed by atoms with Crippen molar-refractivity contribution < 1.29 is 23.5 Å². The van der Waals surface area contributed by atoms with E-state index in [2.05, 4.69) is 0 Å². The highest BCUT2D eigenvalue weighted by atomic mass is 31.2. The minimum Gasteiger partial charge on any atom is -0.457 e. The molecule has 0 aromatic carbocycles. The topological polar surface area (TPSA) is 65.0 Å². The Kier molecular flexibility index (Phi) is 6.06. The van der Waals surface area contributed by atoms with Gasteiger partial charge in [-0.3, -0.25) is 4.57 Å². The molecule has 112 valence electrons. The van der Waals surface area contributed by atoms with Crippen LogP contribution in [0, 0.1) is 17.8 Å². The van der Waals surface area contributed by atoms with Crippen molar-refractivity contribution in [1.29, 1.82) is 0 Å². The van der Waals surface area contributed by atoms with E-state index in [0.29, 0.717) is 0 Å². The van der Waals surface area contributed by atoms with Gasteiger partial charge in [0.2, 0.25) is 11.8 Å². The van der Waals surface area contributed by atoms with Crippen molar-refractivity contribution in [3.8, 4) is 0 Å². The van der Waals surface area contributed by atoms with E-state index >= 15 is 0 Å². The van der Waals surface area contributed by atoms with Gasteiger partial charge in [0.1, 0.15) is 0 Å². The van der Waals surface area contributed by atoms with Crippen LogP contribution in [0.2, 0.25) is 0 Å². The lowest BCUT2D eigenvalue weighted by Crippen LogP contribution is -2.35. The molecule has 0 saturated carbocycles. The van der Waals surface area contributed by atoms with Crippen LogP contribution in [0.1, 0.15) is 34.6 Å². The Labute approximate surface area is 115 Å². The van der Waals surface area contributed by atoms with E-state index in [0.717, 1.165) is 0 Å². The van der Waals surface area contributed by atoms with Gasteiger partial charge >= 0.3 is 7.60 Å². The molecule has 0 aromatic heterocycles. The van der Waals surface area contributed by atoms with Gasteiger partial charge in [0.25, 0.3) is 0 Å². The summed E-state index contributed by atoms with van der Waals surface area (Å²) in [5, 5.41) is 10.1. The number of allylic oxidation sites excluding steroid dienone is 1. The molecule has 0 aliphatic carbocycles. The first kappa shape index (κ1) is 16.7. The summed E-state index contributed by atoms with van der Waals surface area (Å²) in [5.41, 5.74) is 0.133. The fourth-order valence-corrected chi connectivity index (χ4v) is 4.10. The molecule has 6 heteroatoms. The minimum atomic E-state index is -3.45. The van der Waals surface area contributed by atoms with Crippen molar-refractivity contribution in [1.82, 2.24) is 0 Å². The van der Waals surface area contributed by atoms with Crippen LogP contribution in [0.15, 0.2) is 11.6 Å². The number of ether oxygens (including phenoxy) is 1. The molecule has 1 aliphatic rings. The molecule has 0 bridgehead atoms. The fourth-order valence-electron chi connectivity index (χ4n) is 2.43. The minimum absolute atomic E-state index is 0.0274. The van der Waals surface area contributed by atoms with Gasteiger partial charge in [0, 0.05) is 5.92 Å². The molecule has 1 rings (SSSR count). The Morgan fingerprint density at radius 3 is 2.26 bits per heavy atom. The summed E-state index contributed by atoms with van der Waals surface area (Å²) in [5.74, 6) is 0.287. The van der Waals surface area contributed by atoms with E-state index in [4.69, 9.17) is 13.8 Å². The Morgan fingerprint density at radius 2 is 1.89 bits per heavy atom. The molecular formula is C13H25O5P. The maximum atomic E-state index is 12.6. The van der Waals surface area contributed by atoms with Crippen LogP contribution in [0.3, 0.4) is 0 Å². The molecule has 1 N–H and O–H groups in total. The number of hydrogen-bond donors (Lipinski definition) is 1. The first-order valence-electron chi connectivity index (χ1n) is 6.81. The molecule has 19 heavy (non-hydrogen) atoms. The number of aliphatic hydroxyl groups is 1. The van der Waals surface area contributed by atoms with Crippen molar-refractivity contribution >= 4 is 7.60 Å². The Hall–Kier alpha value is -0.350. The summed E-state index contributed by atoms with van der Waals surface area (Å²) < 4.78 is 28.5.